The van der Waals surface area contributed by atoms with Gasteiger partial charge in [0.1, 0.15) is 5.82 Å². The molecule has 1 aromatic rings. The zero-order valence-electron chi connectivity index (χ0n) is 8.94. The second kappa shape index (κ2) is 5.72. The van der Waals surface area contributed by atoms with Crippen molar-refractivity contribution in [3.8, 4) is 0 Å². The first-order valence-corrected chi connectivity index (χ1v) is 5.88. The first kappa shape index (κ1) is 13.6. The van der Waals surface area contributed by atoms with Crippen molar-refractivity contribution in [3.63, 3.8) is 0 Å². The smallest absolute Gasteiger partial charge is 0.272 e. The quantitative estimate of drug-likeness (QED) is 0.527. The van der Waals surface area contributed by atoms with Crippen LogP contribution in [0.2, 0.25) is 0 Å². The topological polar surface area (TPSA) is 72.2 Å². The summed E-state index contributed by atoms with van der Waals surface area (Å²) in [6.07, 6.45) is 0. The summed E-state index contributed by atoms with van der Waals surface area (Å²) >= 11 is 3.17. The minimum atomic E-state index is -0.904. The molecule has 92 valence electrons. The summed E-state index contributed by atoms with van der Waals surface area (Å²) in [6.45, 7) is 1.75. The maximum Gasteiger partial charge on any atom is 0.272 e. The summed E-state index contributed by atoms with van der Waals surface area (Å²) in [6, 6.07) is 2.77. The molecule has 0 spiro atoms. The fraction of sp³-hybridized carbons (Fsp3) is 0.300. The van der Waals surface area contributed by atoms with E-state index in [9.17, 15) is 19.3 Å². The Bertz CT molecular complexity index is 453. The standard InChI is InChI=1S/C10H10BrFN2O3/c1-6(5-11)13-10(15)8-3-2-7(14(16)17)4-9(8)12/h2-4,6H,5H2,1H3,(H,13,15). The number of non-ortho nitro benzene ring substituents is 1. The zero-order valence-corrected chi connectivity index (χ0v) is 10.5. The molecule has 0 heterocycles. The Morgan fingerprint density at radius 2 is 2.29 bits per heavy atom. The number of nitro benzene ring substituents is 1. The number of nitrogens with zero attached hydrogens (tertiary/aromatic N) is 1. The van der Waals surface area contributed by atoms with Crippen molar-refractivity contribution in [3.05, 3.63) is 39.7 Å². The highest BCUT2D eigenvalue weighted by atomic mass is 79.9. The van der Waals surface area contributed by atoms with E-state index in [1.165, 1.54) is 0 Å². The van der Waals surface area contributed by atoms with Crippen LogP contribution in [0.1, 0.15) is 17.3 Å². The minimum absolute atomic E-state index is 0.155. The van der Waals surface area contributed by atoms with Gasteiger partial charge >= 0.3 is 0 Å². The van der Waals surface area contributed by atoms with Crippen LogP contribution in [0, 0.1) is 15.9 Å². The van der Waals surface area contributed by atoms with Crippen LogP contribution in [0.15, 0.2) is 18.2 Å². The number of carbonyl (C=O) groups excluding carboxylic acids is 1. The van der Waals surface area contributed by atoms with Crippen molar-refractivity contribution in [2.24, 2.45) is 0 Å². The lowest BCUT2D eigenvalue weighted by molar-refractivity contribution is -0.385. The number of amides is 1. The molecule has 1 N–H and O–H groups in total. The molecule has 7 heteroatoms. The van der Waals surface area contributed by atoms with E-state index in [4.69, 9.17) is 0 Å². The Hall–Kier alpha value is -1.50. The molecular formula is C10H10BrFN2O3. The molecule has 1 atom stereocenters. The zero-order chi connectivity index (χ0) is 13.0. The van der Waals surface area contributed by atoms with Crippen molar-refractivity contribution in [2.75, 3.05) is 5.33 Å². The van der Waals surface area contributed by atoms with Gasteiger partial charge in [0, 0.05) is 17.4 Å². The van der Waals surface area contributed by atoms with Crippen molar-refractivity contribution < 1.29 is 14.1 Å². The van der Waals surface area contributed by atoms with Crippen LogP contribution in [0.25, 0.3) is 0 Å². The average molecular weight is 305 g/mol. The predicted molar refractivity (Wildman–Crippen MR) is 63.8 cm³/mol. The third-order valence-corrected chi connectivity index (χ3v) is 2.99. The first-order chi connectivity index (χ1) is 7.95. The molecule has 5 nitrogen and oxygen atoms in total. The van der Waals surface area contributed by atoms with E-state index in [1.54, 1.807) is 6.92 Å². The first-order valence-electron chi connectivity index (χ1n) is 4.76. The second-order valence-electron chi connectivity index (χ2n) is 3.45. The summed E-state index contributed by atoms with van der Waals surface area (Å²) in [7, 11) is 0. The maximum absolute atomic E-state index is 13.4. The molecule has 0 aliphatic rings. The fourth-order valence-electron chi connectivity index (χ4n) is 1.14. The van der Waals surface area contributed by atoms with Crippen LogP contribution in [-0.2, 0) is 0 Å². The number of hydrogen-bond acceptors (Lipinski definition) is 3. The average Bonchev–Trinajstić information content (AvgIpc) is 2.28. The number of carbonyl (C=O) groups is 1. The van der Waals surface area contributed by atoms with Crippen LogP contribution in [0.4, 0.5) is 10.1 Å². The number of halogens is 2. The van der Waals surface area contributed by atoms with E-state index >= 15 is 0 Å². The van der Waals surface area contributed by atoms with Crippen LogP contribution in [0.3, 0.4) is 0 Å². The summed E-state index contributed by atoms with van der Waals surface area (Å²) < 4.78 is 13.4. The highest BCUT2D eigenvalue weighted by molar-refractivity contribution is 9.09. The highest BCUT2D eigenvalue weighted by Gasteiger charge is 2.17. The minimum Gasteiger partial charge on any atom is -0.349 e. The lowest BCUT2D eigenvalue weighted by Crippen LogP contribution is -2.34. The van der Waals surface area contributed by atoms with Gasteiger partial charge in [-0.2, -0.15) is 0 Å². The monoisotopic (exact) mass is 304 g/mol. The van der Waals surface area contributed by atoms with Gasteiger partial charge < -0.3 is 5.32 Å². The maximum atomic E-state index is 13.4. The van der Waals surface area contributed by atoms with Crippen molar-refractivity contribution in [1.29, 1.82) is 0 Å². The van der Waals surface area contributed by atoms with Crippen molar-refractivity contribution in [1.82, 2.24) is 5.32 Å². The molecule has 0 saturated heterocycles. The summed E-state index contributed by atoms with van der Waals surface area (Å²) in [4.78, 5) is 21.2. The molecule has 0 aliphatic heterocycles. The van der Waals surface area contributed by atoms with Gasteiger partial charge in [0.25, 0.3) is 11.6 Å². The molecule has 0 aliphatic carbocycles. The number of hydrogen-bond donors (Lipinski definition) is 1. The van der Waals surface area contributed by atoms with Gasteiger partial charge in [-0.15, -0.1) is 0 Å². The van der Waals surface area contributed by atoms with E-state index in [0.29, 0.717) is 5.33 Å². The predicted octanol–water partition coefficient (Wildman–Crippen LogP) is 2.25. The van der Waals surface area contributed by atoms with E-state index in [2.05, 4.69) is 21.2 Å². The largest absolute Gasteiger partial charge is 0.349 e. The Morgan fingerprint density at radius 3 is 2.76 bits per heavy atom. The molecule has 0 fully saturated rings. The second-order valence-corrected chi connectivity index (χ2v) is 4.10. The molecular weight excluding hydrogens is 295 g/mol. The number of nitrogens with one attached hydrogen (secondary N) is 1. The van der Waals surface area contributed by atoms with E-state index in [1.807, 2.05) is 0 Å². The van der Waals surface area contributed by atoms with Crippen molar-refractivity contribution >= 4 is 27.5 Å². The van der Waals surface area contributed by atoms with Crippen LogP contribution in [0.5, 0.6) is 0 Å². The Balaban J connectivity index is 2.92. The molecule has 0 aromatic heterocycles. The molecule has 1 aromatic carbocycles. The molecule has 17 heavy (non-hydrogen) atoms. The summed E-state index contributed by atoms with van der Waals surface area (Å²) in [5.74, 6) is -1.50. The summed E-state index contributed by atoms with van der Waals surface area (Å²) in [5.41, 5.74) is -0.587. The molecule has 1 rings (SSSR count). The third kappa shape index (κ3) is 3.48. The summed E-state index contributed by atoms with van der Waals surface area (Å²) in [5, 5.41) is 13.5. The lowest BCUT2D eigenvalue weighted by Gasteiger charge is -2.10. The van der Waals surface area contributed by atoms with Crippen molar-refractivity contribution in [2.45, 2.75) is 13.0 Å². The SMILES string of the molecule is CC(CBr)NC(=O)c1ccc([N+](=O)[O-])cc1F. The van der Waals surface area contributed by atoms with Crippen LogP contribution < -0.4 is 5.32 Å². The van der Waals surface area contributed by atoms with Gasteiger partial charge in [-0.1, -0.05) is 15.9 Å². The molecule has 0 saturated carbocycles. The normalized spacial score (nSPS) is 11.9. The Kier molecular flexibility index (Phi) is 4.56. The van der Waals surface area contributed by atoms with Gasteiger partial charge in [-0.05, 0) is 13.0 Å². The van der Waals surface area contributed by atoms with E-state index in [0.717, 1.165) is 18.2 Å². The number of alkyl halides is 1. The highest BCUT2D eigenvalue weighted by Crippen LogP contribution is 2.16. The van der Waals surface area contributed by atoms with Gasteiger partial charge in [-0.3, -0.25) is 14.9 Å². The van der Waals surface area contributed by atoms with Crippen LogP contribution in [-0.4, -0.2) is 22.2 Å². The lowest BCUT2D eigenvalue weighted by atomic mass is 10.1. The molecule has 1 amide bonds. The van der Waals surface area contributed by atoms with Gasteiger partial charge in [0.2, 0.25) is 0 Å². The number of nitro groups is 1. The van der Waals surface area contributed by atoms with Gasteiger partial charge in [0.15, 0.2) is 0 Å². The third-order valence-electron chi connectivity index (χ3n) is 2.02. The number of rotatable bonds is 4. The molecule has 1 unspecified atom stereocenters. The Morgan fingerprint density at radius 1 is 1.65 bits per heavy atom. The Labute approximate surface area is 105 Å². The number of benzene rings is 1. The van der Waals surface area contributed by atoms with E-state index < -0.39 is 16.6 Å². The molecule has 0 bridgehead atoms. The van der Waals surface area contributed by atoms with E-state index in [-0.39, 0.29) is 17.3 Å². The molecule has 0 radical (unpaired) electrons. The van der Waals surface area contributed by atoms with Gasteiger partial charge in [0.05, 0.1) is 16.6 Å². The fourth-order valence-corrected chi connectivity index (χ4v) is 1.30. The van der Waals surface area contributed by atoms with Crippen LogP contribution >= 0.6 is 15.9 Å². The van der Waals surface area contributed by atoms with Gasteiger partial charge in [-0.25, -0.2) is 4.39 Å².